The van der Waals surface area contributed by atoms with Crippen molar-refractivity contribution < 1.29 is 14.7 Å². The summed E-state index contributed by atoms with van der Waals surface area (Å²) >= 11 is 0. The summed E-state index contributed by atoms with van der Waals surface area (Å²) in [7, 11) is 1.64. The van der Waals surface area contributed by atoms with Crippen LogP contribution >= 0.6 is 0 Å². The predicted molar refractivity (Wildman–Crippen MR) is 63.8 cm³/mol. The molecule has 1 aliphatic heterocycles. The molecule has 1 heterocycles. The molecule has 0 spiro atoms. The lowest BCUT2D eigenvalue weighted by Crippen LogP contribution is -2.41. The van der Waals surface area contributed by atoms with Crippen LogP contribution in [0.15, 0.2) is 5.16 Å². The van der Waals surface area contributed by atoms with Gasteiger partial charge >= 0.3 is 0 Å². The van der Waals surface area contributed by atoms with Crippen LogP contribution in [0, 0.1) is 5.92 Å². The molecule has 0 radical (unpaired) electrons. The number of methoxy groups -OCH3 is 1. The Morgan fingerprint density at radius 1 is 1.71 bits per heavy atom. The number of likely N-dealkylation sites (tertiary alicyclic amines) is 1. The number of carbonyl (C=O) groups is 1. The Morgan fingerprint density at radius 2 is 2.41 bits per heavy atom. The average Bonchev–Trinajstić information content (AvgIpc) is 2.83. The van der Waals surface area contributed by atoms with E-state index in [1.165, 1.54) is 0 Å². The monoisotopic (exact) mass is 243 g/mol. The van der Waals surface area contributed by atoms with Crippen molar-refractivity contribution in [3.05, 3.63) is 0 Å². The van der Waals surface area contributed by atoms with Gasteiger partial charge < -0.3 is 20.6 Å². The van der Waals surface area contributed by atoms with Crippen LogP contribution in [0.25, 0.3) is 0 Å². The van der Waals surface area contributed by atoms with Gasteiger partial charge in [-0.15, -0.1) is 0 Å². The van der Waals surface area contributed by atoms with Crippen molar-refractivity contribution in [3.63, 3.8) is 0 Å². The van der Waals surface area contributed by atoms with Gasteiger partial charge in [-0.3, -0.25) is 4.79 Å². The van der Waals surface area contributed by atoms with Crippen LogP contribution in [-0.4, -0.2) is 48.2 Å². The van der Waals surface area contributed by atoms with E-state index in [9.17, 15) is 4.79 Å². The number of ether oxygens (including phenoxy) is 1. The maximum atomic E-state index is 12.2. The number of rotatable bonds is 5. The minimum absolute atomic E-state index is 0.00211. The first-order valence-corrected chi connectivity index (χ1v) is 5.93. The summed E-state index contributed by atoms with van der Waals surface area (Å²) < 4.78 is 5.21. The highest BCUT2D eigenvalue weighted by Crippen LogP contribution is 2.17. The lowest BCUT2D eigenvalue weighted by atomic mass is 10.0. The highest BCUT2D eigenvalue weighted by molar-refractivity contribution is 6.02. The number of nitrogens with two attached hydrogens (primary N) is 1. The van der Waals surface area contributed by atoms with E-state index in [-0.39, 0.29) is 17.8 Å². The largest absolute Gasteiger partial charge is 0.409 e. The minimum Gasteiger partial charge on any atom is -0.409 e. The molecule has 0 bridgehead atoms. The van der Waals surface area contributed by atoms with Crippen LogP contribution in [-0.2, 0) is 9.53 Å². The number of oxime groups is 1. The lowest BCUT2D eigenvalue weighted by molar-refractivity contribution is -0.133. The molecule has 2 atom stereocenters. The Morgan fingerprint density at radius 3 is 2.88 bits per heavy atom. The van der Waals surface area contributed by atoms with E-state index in [1.807, 2.05) is 6.92 Å². The molecule has 1 amide bonds. The fourth-order valence-electron chi connectivity index (χ4n) is 2.10. The van der Waals surface area contributed by atoms with Gasteiger partial charge in [0.2, 0.25) is 5.91 Å². The van der Waals surface area contributed by atoms with Gasteiger partial charge in [0, 0.05) is 20.2 Å². The zero-order chi connectivity index (χ0) is 12.8. The molecule has 2 unspecified atom stereocenters. The van der Waals surface area contributed by atoms with Crippen molar-refractivity contribution in [1.82, 2.24) is 4.90 Å². The highest BCUT2D eigenvalue weighted by Gasteiger charge is 2.32. The van der Waals surface area contributed by atoms with Crippen LogP contribution < -0.4 is 5.73 Å². The quantitative estimate of drug-likeness (QED) is 0.316. The Kier molecular flexibility index (Phi) is 5.21. The van der Waals surface area contributed by atoms with Crippen LogP contribution in [0.4, 0.5) is 0 Å². The first-order valence-electron chi connectivity index (χ1n) is 5.93. The van der Waals surface area contributed by atoms with E-state index < -0.39 is 5.92 Å². The van der Waals surface area contributed by atoms with Crippen molar-refractivity contribution in [2.24, 2.45) is 16.8 Å². The Hall–Kier alpha value is -1.30. The molecule has 1 rings (SSSR count). The molecule has 0 aromatic rings. The first kappa shape index (κ1) is 13.8. The van der Waals surface area contributed by atoms with Crippen molar-refractivity contribution >= 4 is 11.7 Å². The number of amides is 1. The maximum Gasteiger partial charge on any atom is 0.233 e. The second-order valence-electron chi connectivity index (χ2n) is 4.30. The molecular formula is C11H21N3O3. The van der Waals surface area contributed by atoms with Crippen LogP contribution in [0.2, 0.25) is 0 Å². The summed E-state index contributed by atoms with van der Waals surface area (Å²) in [6.07, 6.45) is 2.36. The lowest BCUT2D eigenvalue weighted by Gasteiger charge is -2.22. The zero-order valence-electron chi connectivity index (χ0n) is 10.4. The molecule has 0 aliphatic carbocycles. The summed E-state index contributed by atoms with van der Waals surface area (Å²) in [6, 6.07) is 0. The molecule has 1 saturated heterocycles. The third kappa shape index (κ3) is 3.33. The standard InChI is InChI=1S/C11H21N3O3/c1-3-4-9(10(12)13-16)11(15)14-6-5-8(7-14)17-2/h8-9,16H,3-7H2,1-2H3,(H2,12,13). The molecule has 1 fully saturated rings. The van der Waals surface area contributed by atoms with E-state index >= 15 is 0 Å². The molecular weight excluding hydrogens is 222 g/mol. The van der Waals surface area contributed by atoms with Crippen LogP contribution in [0.1, 0.15) is 26.2 Å². The van der Waals surface area contributed by atoms with Gasteiger partial charge in [-0.25, -0.2) is 0 Å². The van der Waals surface area contributed by atoms with Gasteiger partial charge in [0.25, 0.3) is 0 Å². The van der Waals surface area contributed by atoms with Gasteiger partial charge in [-0.2, -0.15) is 0 Å². The smallest absolute Gasteiger partial charge is 0.233 e. The van der Waals surface area contributed by atoms with Gasteiger partial charge in [0.15, 0.2) is 5.84 Å². The fraction of sp³-hybridized carbons (Fsp3) is 0.818. The average molecular weight is 243 g/mol. The topological polar surface area (TPSA) is 88.2 Å². The Balaban J connectivity index is 2.65. The molecule has 3 N–H and O–H groups in total. The molecule has 6 heteroatoms. The van der Waals surface area contributed by atoms with Gasteiger partial charge in [0.05, 0.1) is 12.0 Å². The third-order valence-electron chi connectivity index (χ3n) is 3.14. The molecule has 0 aromatic heterocycles. The molecule has 17 heavy (non-hydrogen) atoms. The number of hydrogen-bond donors (Lipinski definition) is 2. The molecule has 98 valence electrons. The minimum atomic E-state index is -0.513. The van der Waals surface area contributed by atoms with Crippen molar-refractivity contribution in [3.8, 4) is 0 Å². The second kappa shape index (κ2) is 6.44. The maximum absolute atomic E-state index is 12.2. The fourth-order valence-corrected chi connectivity index (χ4v) is 2.10. The SMILES string of the molecule is CCCC(C(=O)N1CCC(OC)C1)C(N)=NO. The molecule has 6 nitrogen and oxygen atoms in total. The highest BCUT2D eigenvalue weighted by atomic mass is 16.5. The summed E-state index contributed by atoms with van der Waals surface area (Å²) in [6.45, 7) is 3.23. The Labute approximate surface area is 101 Å². The van der Waals surface area contributed by atoms with Crippen molar-refractivity contribution in [2.45, 2.75) is 32.3 Å². The normalized spacial score (nSPS) is 22.8. The van der Waals surface area contributed by atoms with Crippen LogP contribution in [0.3, 0.4) is 0 Å². The zero-order valence-corrected chi connectivity index (χ0v) is 10.4. The summed E-state index contributed by atoms with van der Waals surface area (Å²) in [4.78, 5) is 13.9. The van der Waals surface area contributed by atoms with Crippen molar-refractivity contribution in [1.29, 1.82) is 0 Å². The van der Waals surface area contributed by atoms with E-state index in [0.29, 0.717) is 19.5 Å². The van der Waals surface area contributed by atoms with Gasteiger partial charge in [-0.05, 0) is 12.8 Å². The van der Waals surface area contributed by atoms with Gasteiger partial charge in [-0.1, -0.05) is 18.5 Å². The predicted octanol–water partition coefficient (Wildman–Crippen LogP) is 0.396. The van der Waals surface area contributed by atoms with Gasteiger partial charge in [0.1, 0.15) is 0 Å². The second-order valence-corrected chi connectivity index (χ2v) is 4.30. The van der Waals surface area contributed by atoms with Crippen molar-refractivity contribution in [2.75, 3.05) is 20.2 Å². The molecule has 1 aliphatic rings. The number of amidine groups is 1. The molecule has 0 saturated carbocycles. The molecule has 0 aromatic carbocycles. The summed E-state index contributed by atoms with van der Waals surface area (Å²) in [5.41, 5.74) is 5.56. The third-order valence-corrected chi connectivity index (χ3v) is 3.14. The van der Waals surface area contributed by atoms with Crippen LogP contribution in [0.5, 0.6) is 0 Å². The van der Waals surface area contributed by atoms with E-state index in [1.54, 1.807) is 12.0 Å². The number of hydrogen-bond acceptors (Lipinski definition) is 4. The van der Waals surface area contributed by atoms with E-state index in [0.717, 1.165) is 12.8 Å². The number of carbonyl (C=O) groups excluding carboxylic acids is 1. The Bertz CT molecular complexity index is 294. The summed E-state index contributed by atoms with van der Waals surface area (Å²) in [5, 5.41) is 11.6. The van der Waals surface area contributed by atoms with E-state index in [2.05, 4.69) is 5.16 Å². The summed E-state index contributed by atoms with van der Waals surface area (Å²) in [5.74, 6) is -0.583. The first-order chi connectivity index (χ1) is 8.13. The number of nitrogens with zero attached hydrogens (tertiary/aromatic N) is 2. The van der Waals surface area contributed by atoms with E-state index in [4.69, 9.17) is 15.7 Å².